The molecule has 1 aromatic rings. The summed E-state index contributed by atoms with van der Waals surface area (Å²) in [5, 5.41) is 3.55. The first-order chi connectivity index (χ1) is 8.25. The van der Waals surface area contributed by atoms with Gasteiger partial charge in [-0.25, -0.2) is 0 Å². The lowest BCUT2D eigenvalue weighted by Gasteiger charge is -2.28. The van der Waals surface area contributed by atoms with Gasteiger partial charge >= 0.3 is 0 Å². The summed E-state index contributed by atoms with van der Waals surface area (Å²) in [6, 6.07) is 4.52. The van der Waals surface area contributed by atoms with Crippen molar-refractivity contribution in [3.8, 4) is 5.75 Å². The van der Waals surface area contributed by atoms with E-state index in [1.165, 1.54) is 0 Å². The molecule has 1 atom stereocenters. The van der Waals surface area contributed by atoms with Gasteiger partial charge in [0.05, 0.1) is 11.6 Å². The quantitative estimate of drug-likeness (QED) is 0.816. The molecule has 0 aliphatic heterocycles. The molecule has 1 N–H and O–H groups in total. The molecule has 0 bridgehead atoms. The highest BCUT2D eigenvalue weighted by atomic mass is 79.9. The molecule has 102 valence electrons. The number of benzene rings is 1. The molecular formula is C14H21Br2NO. The predicted molar refractivity (Wildman–Crippen MR) is 84.2 cm³/mol. The van der Waals surface area contributed by atoms with Crippen molar-refractivity contribution in [2.24, 2.45) is 5.41 Å². The molecule has 0 heterocycles. The molecule has 0 aliphatic carbocycles. The third-order valence-corrected chi connectivity index (χ3v) is 4.23. The van der Waals surface area contributed by atoms with E-state index in [-0.39, 0.29) is 5.41 Å². The average Bonchev–Trinajstić information content (AvgIpc) is 2.23. The maximum atomic E-state index is 5.44. The minimum Gasteiger partial charge on any atom is -0.495 e. The third kappa shape index (κ3) is 4.25. The minimum atomic E-state index is 0.247. The second kappa shape index (κ2) is 6.40. The van der Waals surface area contributed by atoms with Crippen LogP contribution < -0.4 is 10.1 Å². The van der Waals surface area contributed by atoms with Crippen LogP contribution in [-0.2, 0) is 6.54 Å². The maximum Gasteiger partial charge on any atom is 0.137 e. The van der Waals surface area contributed by atoms with Crippen molar-refractivity contribution in [3.63, 3.8) is 0 Å². The number of ether oxygens (including phenoxy) is 1. The Morgan fingerprint density at radius 1 is 1.28 bits per heavy atom. The van der Waals surface area contributed by atoms with Gasteiger partial charge in [-0.2, -0.15) is 0 Å². The molecule has 1 aromatic carbocycles. The SMILES string of the molecule is COc1c(Br)cc(Br)cc1CNC(C)C(C)(C)C. The molecule has 18 heavy (non-hydrogen) atoms. The number of hydrogen-bond acceptors (Lipinski definition) is 2. The fourth-order valence-electron chi connectivity index (χ4n) is 1.54. The Balaban J connectivity index is 2.85. The van der Waals surface area contributed by atoms with Crippen LogP contribution in [0.15, 0.2) is 21.1 Å². The number of halogens is 2. The molecular weight excluding hydrogens is 358 g/mol. The van der Waals surface area contributed by atoms with Crippen LogP contribution in [0.25, 0.3) is 0 Å². The topological polar surface area (TPSA) is 21.3 Å². The van der Waals surface area contributed by atoms with Crippen molar-refractivity contribution in [2.75, 3.05) is 7.11 Å². The van der Waals surface area contributed by atoms with Crippen molar-refractivity contribution in [1.29, 1.82) is 0 Å². The lowest BCUT2D eigenvalue weighted by Crippen LogP contribution is -2.37. The molecule has 0 radical (unpaired) electrons. The molecule has 1 rings (SSSR count). The Hall–Kier alpha value is -0.0600. The molecule has 2 nitrogen and oxygen atoms in total. The van der Waals surface area contributed by atoms with Gasteiger partial charge in [0.1, 0.15) is 5.75 Å². The van der Waals surface area contributed by atoms with Gasteiger partial charge < -0.3 is 10.1 Å². The van der Waals surface area contributed by atoms with Gasteiger partial charge in [-0.05, 0) is 40.4 Å². The highest BCUT2D eigenvalue weighted by molar-refractivity contribution is 9.11. The molecule has 0 saturated carbocycles. The largest absolute Gasteiger partial charge is 0.495 e. The predicted octanol–water partition coefficient (Wildman–Crippen LogP) is 4.74. The van der Waals surface area contributed by atoms with E-state index in [1.807, 2.05) is 6.07 Å². The summed E-state index contributed by atoms with van der Waals surface area (Å²) in [6.07, 6.45) is 0. The Bertz CT molecular complexity index is 413. The van der Waals surface area contributed by atoms with Crippen molar-refractivity contribution in [1.82, 2.24) is 5.32 Å². The van der Waals surface area contributed by atoms with E-state index in [9.17, 15) is 0 Å². The Morgan fingerprint density at radius 3 is 2.39 bits per heavy atom. The van der Waals surface area contributed by atoms with Crippen LogP contribution in [0.2, 0.25) is 0 Å². The fraction of sp³-hybridized carbons (Fsp3) is 0.571. The van der Waals surface area contributed by atoms with Crippen LogP contribution >= 0.6 is 31.9 Å². The van der Waals surface area contributed by atoms with Gasteiger partial charge in [-0.3, -0.25) is 0 Å². The molecule has 0 aliphatic rings. The summed E-state index contributed by atoms with van der Waals surface area (Å²) >= 11 is 7.03. The Labute approximate surface area is 127 Å². The second-order valence-electron chi connectivity index (χ2n) is 5.55. The molecule has 0 amide bonds. The van der Waals surface area contributed by atoms with Gasteiger partial charge in [0.25, 0.3) is 0 Å². The highest BCUT2D eigenvalue weighted by Gasteiger charge is 2.20. The molecule has 0 fully saturated rings. The van der Waals surface area contributed by atoms with E-state index in [1.54, 1.807) is 7.11 Å². The molecule has 0 spiro atoms. The monoisotopic (exact) mass is 377 g/mol. The zero-order valence-electron chi connectivity index (χ0n) is 11.6. The fourth-order valence-corrected chi connectivity index (χ4v) is 3.02. The number of rotatable bonds is 4. The normalized spacial score (nSPS) is 13.5. The highest BCUT2D eigenvalue weighted by Crippen LogP contribution is 2.33. The number of hydrogen-bond donors (Lipinski definition) is 1. The van der Waals surface area contributed by atoms with Gasteiger partial charge in [0.2, 0.25) is 0 Å². The molecule has 0 aromatic heterocycles. The van der Waals surface area contributed by atoms with E-state index in [2.05, 4.69) is 70.9 Å². The first-order valence-corrected chi connectivity index (χ1v) is 7.59. The smallest absolute Gasteiger partial charge is 0.137 e. The van der Waals surface area contributed by atoms with Gasteiger partial charge in [-0.15, -0.1) is 0 Å². The summed E-state index contributed by atoms with van der Waals surface area (Å²) in [5.74, 6) is 0.895. The molecule has 1 unspecified atom stereocenters. The van der Waals surface area contributed by atoms with Crippen molar-refractivity contribution in [2.45, 2.75) is 40.3 Å². The van der Waals surface area contributed by atoms with E-state index < -0.39 is 0 Å². The van der Waals surface area contributed by atoms with Gasteiger partial charge in [-0.1, -0.05) is 36.7 Å². The number of methoxy groups -OCH3 is 1. The first-order valence-electron chi connectivity index (χ1n) is 6.01. The standard InChI is InChI=1S/C14H21Br2NO/c1-9(14(2,3)4)17-8-10-6-11(15)7-12(16)13(10)18-5/h6-7,9,17H,8H2,1-5H3. The summed E-state index contributed by atoms with van der Waals surface area (Å²) in [5.41, 5.74) is 1.39. The van der Waals surface area contributed by atoms with Crippen molar-refractivity contribution in [3.05, 3.63) is 26.6 Å². The Kier molecular flexibility index (Phi) is 5.68. The lowest BCUT2D eigenvalue weighted by molar-refractivity contribution is 0.283. The van der Waals surface area contributed by atoms with Crippen molar-refractivity contribution >= 4 is 31.9 Å². The Morgan fingerprint density at radius 2 is 1.89 bits per heavy atom. The van der Waals surface area contributed by atoms with E-state index in [0.717, 1.165) is 26.8 Å². The minimum absolute atomic E-state index is 0.247. The van der Waals surface area contributed by atoms with Crippen LogP contribution in [0.5, 0.6) is 5.75 Å². The average molecular weight is 379 g/mol. The van der Waals surface area contributed by atoms with Crippen LogP contribution in [0.3, 0.4) is 0 Å². The molecule has 0 saturated heterocycles. The van der Waals surface area contributed by atoms with E-state index in [0.29, 0.717) is 6.04 Å². The van der Waals surface area contributed by atoms with Gasteiger partial charge in [0, 0.05) is 22.6 Å². The van der Waals surface area contributed by atoms with Crippen LogP contribution in [-0.4, -0.2) is 13.2 Å². The third-order valence-electron chi connectivity index (χ3n) is 3.19. The first kappa shape index (κ1) is 16.0. The maximum absolute atomic E-state index is 5.44. The molecule has 4 heteroatoms. The summed E-state index contributed by atoms with van der Waals surface area (Å²) in [6.45, 7) is 9.70. The van der Waals surface area contributed by atoms with Gasteiger partial charge in [0.15, 0.2) is 0 Å². The van der Waals surface area contributed by atoms with E-state index in [4.69, 9.17) is 4.74 Å². The van der Waals surface area contributed by atoms with E-state index >= 15 is 0 Å². The number of nitrogens with one attached hydrogen (secondary N) is 1. The van der Waals surface area contributed by atoms with Crippen LogP contribution in [0.4, 0.5) is 0 Å². The zero-order chi connectivity index (χ0) is 13.9. The van der Waals surface area contributed by atoms with Crippen molar-refractivity contribution < 1.29 is 4.74 Å². The van der Waals surface area contributed by atoms with Crippen LogP contribution in [0.1, 0.15) is 33.3 Å². The van der Waals surface area contributed by atoms with Crippen LogP contribution in [0, 0.1) is 5.41 Å². The second-order valence-corrected chi connectivity index (χ2v) is 7.32. The summed E-state index contributed by atoms with van der Waals surface area (Å²) < 4.78 is 7.46. The summed E-state index contributed by atoms with van der Waals surface area (Å²) in [4.78, 5) is 0. The zero-order valence-corrected chi connectivity index (χ0v) is 14.8. The summed E-state index contributed by atoms with van der Waals surface area (Å²) in [7, 11) is 1.70. The lowest BCUT2D eigenvalue weighted by atomic mass is 9.88.